The smallest absolute Gasteiger partial charge is 0.211 e. The van der Waals surface area contributed by atoms with Crippen LogP contribution in [0.5, 0.6) is 0 Å². The van der Waals surface area contributed by atoms with Gasteiger partial charge in [-0.1, -0.05) is 11.3 Å². The van der Waals surface area contributed by atoms with Gasteiger partial charge in [-0.2, -0.15) is 0 Å². The first-order valence-corrected chi connectivity index (χ1v) is 4.03. The summed E-state index contributed by atoms with van der Waals surface area (Å²) >= 11 is 6.40. The second kappa shape index (κ2) is 1.90. The average molecular weight is 171 g/mol. The van der Waals surface area contributed by atoms with Gasteiger partial charge in [0, 0.05) is 0 Å². The molecular formula is C5H5N3S2. The number of nitrogens with one attached hydrogen (secondary N) is 1. The quantitative estimate of drug-likeness (QED) is 0.613. The lowest BCUT2D eigenvalue weighted by molar-refractivity contribution is 0.962. The molecule has 0 aromatic carbocycles. The Morgan fingerprint density at radius 2 is 2.60 bits per heavy atom. The van der Waals surface area contributed by atoms with Crippen molar-refractivity contribution in [2.24, 2.45) is 0 Å². The van der Waals surface area contributed by atoms with Crippen LogP contribution in [0, 0.1) is 10.9 Å². The summed E-state index contributed by atoms with van der Waals surface area (Å²) < 4.78 is 2.60. The SMILES string of the molecule is Cc1cn2[nH]c(=S)sc2n1. The van der Waals surface area contributed by atoms with Crippen LogP contribution in [-0.4, -0.2) is 14.6 Å². The van der Waals surface area contributed by atoms with Gasteiger partial charge in [0.15, 0.2) is 3.95 Å². The molecule has 0 atom stereocenters. The van der Waals surface area contributed by atoms with Crippen LogP contribution in [0.3, 0.4) is 0 Å². The molecule has 0 saturated carbocycles. The number of rotatable bonds is 0. The standard InChI is InChI=1S/C5H5N3S2/c1-3-2-8-4(6-3)10-5(9)7-8/h2H,1H3,(H,7,9). The van der Waals surface area contributed by atoms with Crippen molar-refractivity contribution in [3.8, 4) is 0 Å². The number of fused-ring (bicyclic) bond motifs is 1. The molecule has 0 aliphatic heterocycles. The lowest BCUT2D eigenvalue weighted by atomic mass is 10.6. The molecule has 3 nitrogen and oxygen atoms in total. The van der Waals surface area contributed by atoms with E-state index in [1.165, 1.54) is 11.3 Å². The van der Waals surface area contributed by atoms with Crippen LogP contribution in [0.25, 0.3) is 4.96 Å². The molecule has 2 heterocycles. The van der Waals surface area contributed by atoms with E-state index in [9.17, 15) is 0 Å². The molecule has 0 saturated heterocycles. The van der Waals surface area contributed by atoms with Crippen molar-refractivity contribution in [2.45, 2.75) is 6.92 Å². The minimum Gasteiger partial charge on any atom is -0.273 e. The van der Waals surface area contributed by atoms with Crippen LogP contribution in [0.4, 0.5) is 0 Å². The van der Waals surface area contributed by atoms with Gasteiger partial charge in [0.2, 0.25) is 4.96 Å². The van der Waals surface area contributed by atoms with Crippen LogP contribution in [-0.2, 0) is 0 Å². The van der Waals surface area contributed by atoms with Crippen molar-refractivity contribution in [1.82, 2.24) is 14.6 Å². The maximum atomic E-state index is 4.91. The Morgan fingerprint density at radius 1 is 1.80 bits per heavy atom. The minimum atomic E-state index is 0.766. The third kappa shape index (κ3) is 0.783. The summed E-state index contributed by atoms with van der Waals surface area (Å²) in [6.07, 6.45) is 1.92. The summed E-state index contributed by atoms with van der Waals surface area (Å²) in [5, 5.41) is 2.97. The average Bonchev–Trinajstić information content (AvgIpc) is 2.21. The van der Waals surface area contributed by atoms with Crippen molar-refractivity contribution in [3.05, 3.63) is 15.8 Å². The molecule has 5 heteroatoms. The van der Waals surface area contributed by atoms with Crippen molar-refractivity contribution < 1.29 is 0 Å². The number of hydrogen-bond donors (Lipinski definition) is 1. The molecule has 0 amide bonds. The van der Waals surface area contributed by atoms with Crippen LogP contribution in [0.15, 0.2) is 6.20 Å². The second-order valence-electron chi connectivity index (χ2n) is 2.04. The minimum absolute atomic E-state index is 0.766. The van der Waals surface area contributed by atoms with Gasteiger partial charge >= 0.3 is 0 Å². The predicted molar refractivity (Wildman–Crippen MR) is 43.0 cm³/mol. The predicted octanol–water partition coefficient (Wildman–Crippen LogP) is 1.76. The zero-order valence-electron chi connectivity index (χ0n) is 5.29. The van der Waals surface area contributed by atoms with Gasteiger partial charge in [-0.15, -0.1) is 0 Å². The molecule has 0 unspecified atom stereocenters. The number of hydrogen-bond acceptors (Lipinski definition) is 3. The van der Waals surface area contributed by atoms with E-state index >= 15 is 0 Å². The van der Waals surface area contributed by atoms with Crippen LogP contribution in [0.2, 0.25) is 0 Å². The molecule has 2 aromatic heterocycles. The third-order valence-electron chi connectivity index (χ3n) is 1.19. The fourth-order valence-electron chi connectivity index (χ4n) is 0.832. The number of aromatic nitrogens is 3. The molecule has 1 N–H and O–H groups in total. The fourth-order valence-corrected chi connectivity index (χ4v) is 1.85. The summed E-state index contributed by atoms with van der Waals surface area (Å²) in [7, 11) is 0. The van der Waals surface area contributed by atoms with Gasteiger partial charge in [-0.25, -0.2) is 9.50 Å². The number of nitrogens with zero attached hydrogens (tertiary/aromatic N) is 2. The van der Waals surface area contributed by atoms with Gasteiger partial charge in [0.1, 0.15) is 0 Å². The molecule has 0 bridgehead atoms. The van der Waals surface area contributed by atoms with Gasteiger partial charge in [0.25, 0.3) is 0 Å². The monoisotopic (exact) mass is 171 g/mol. The van der Waals surface area contributed by atoms with E-state index in [1.807, 2.05) is 17.6 Å². The molecule has 0 radical (unpaired) electrons. The van der Waals surface area contributed by atoms with E-state index in [1.54, 1.807) is 0 Å². The summed E-state index contributed by atoms with van der Waals surface area (Å²) in [4.78, 5) is 5.15. The van der Waals surface area contributed by atoms with Crippen molar-refractivity contribution in [2.75, 3.05) is 0 Å². The zero-order chi connectivity index (χ0) is 7.14. The molecule has 10 heavy (non-hydrogen) atoms. The van der Waals surface area contributed by atoms with Gasteiger partial charge < -0.3 is 0 Å². The number of imidazole rings is 1. The Labute approximate surface area is 66.3 Å². The zero-order valence-corrected chi connectivity index (χ0v) is 6.92. The molecule has 2 rings (SSSR count). The Balaban J connectivity index is 2.95. The molecular weight excluding hydrogens is 166 g/mol. The highest BCUT2D eigenvalue weighted by Crippen LogP contribution is 2.09. The lowest BCUT2D eigenvalue weighted by Gasteiger charge is -1.74. The number of H-pyrrole nitrogens is 1. The van der Waals surface area contributed by atoms with E-state index in [-0.39, 0.29) is 0 Å². The van der Waals surface area contributed by atoms with Gasteiger partial charge in [-0.3, -0.25) is 5.10 Å². The van der Waals surface area contributed by atoms with Crippen LogP contribution < -0.4 is 0 Å². The van der Waals surface area contributed by atoms with Crippen molar-refractivity contribution in [3.63, 3.8) is 0 Å². The van der Waals surface area contributed by atoms with E-state index in [4.69, 9.17) is 12.2 Å². The highest BCUT2D eigenvalue weighted by molar-refractivity contribution is 7.73. The van der Waals surface area contributed by atoms with Crippen molar-refractivity contribution in [1.29, 1.82) is 0 Å². The van der Waals surface area contributed by atoms with E-state index in [2.05, 4.69) is 10.1 Å². The first-order chi connectivity index (χ1) is 4.75. The maximum Gasteiger partial charge on any atom is 0.211 e. The number of aryl methyl sites for hydroxylation is 1. The van der Waals surface area contributed by atoms with Crippen LogP contribution in [0.1, 0.15) is 5.69 Å². The van der Waals surface area contributed by atoms with E-state index in [0.717, 1.165) is 14.6 Å². The Bertz CT molecular complexity index is 373. The lowest BCUT2D eigenvalue weighted by Crippen LogP contribution is -1.76. The third-order valence-corrected chi connectivity index (χ3v) is 2.28. The molecule has 52 valence electrons. The summed E-state index contributed by atoms with van der Waals surface area (Å²) in [5.74, 6) is 0. The Kier molecular flexibility index (Phi) is 1.15. The summed E-state index contributed by atoms with van der Waals surface area (Å²) in [6, 6.07) is 0. The molecule has 0 aliphatic carbocycles. The molecule has 0 fully saturated rings. The summed E-state index contributed by atoms with van der Waals surface area (Å²) in [5.41, 5.74) is 1.01. The second-order valence-corrected chi connectivity index (χ2v) is 3.68. The topological polar surface area (TPSA) is 33.1 Å². The highest BCUT2D eigenvalue weighted by Gasteiger charge is 1.97. The maximum absolute atomic E-state index is 4.91. The molecule has 0 aliphatic rings. The summed E-state index contributed by atoms with van der Waals surface area (Å²) in [6.45, 7) is 1.95. The van der Waals surface area contributed by atoms with Crippen LogP contribution >= 0.6 is 23.6 Å². The van der Waals surface area contributed by atoms with E-state index in [0.29, 0.717) is 0 Å². The number of aromatic amines is 1. The van der Waals surface area contributed by atoms with Gasteiger partial charge in [-0.05, 0) is 19.1 Å². The fraction of sp³-hybridized carbons (Fsp3) is 0.200. The molecule has 2 aromatic rings. The highest BCUT2D eigenvalue weighted by atomic mass is 32.1. The molecule has 0 spiro atoms. The first-order valence-electron chi connectivity index (χ1n) is 2.80. The Morgan fingerprint density at radius 3 is 3.30 bits per heavy atom. The normalized spacial score (nSPS) is 10.9. The Hall–Kier alpha value is -0.680. The first kappa shape index (κ1) is 6.06. The van der Waals surface area contributed by atoms with Gasteiger partial charge in [0.05, 0.1) is 11.9 Å². The van der Waals surface area contributed by atoms with E-state index < -0.39 is 0 Å². The van der Waals surface area contributed by atoms with Crippen molar-refractivity contribution >= 4 is 28.5 Å². The largest absolute Gasteiger partial charge is 0.273 e.